The number of amides is 1. The molecule has 2 atom stereocenters. The largest absolute Gasteiger partial charge is 0.376 e. The lowest BCUT2D eigenvalue weighted by Gasteiger charge is -2.19. The highest BCUT2D eigenvalue weighted by Gasteiger charge is 2.27. The topological polar surface area (TPSA) is 38.3 Å². The first kappa shape index (κ1) is 8.75. The summed E-state index contributed by atoms with van der Waals surface area (Å²) in [4.78, 5) is 11.5. The second-order valence-electron chi connectivity index (χ2n) is 3.71. The standard InChI is InChI=1S/C10H15NO2/c1-7-9(5-6-13-7)11-10(12)8-3-2-4-8/h3,7,9H,2,4-6H2,1H3,(H,11,12). The van der Waals surface area contributed by atoms with Crippen molar-refractivity contribution in [1.29, 1.82) is 0 Å². The number of rotatable bonds is 2. The van der Waals surface area contributed by atoms with E-state index in [0.29, 0.717) is 0 Å². The molecule has 1 heterocycles. The molecule has 2 unspecified atom stereocenters. The molecule has 0 aromatic carbocycles. The third kappa shape index (κ3) is 1.75. The van der Waals surface area contributed by atoms with Crippen molar-refractivity contribution in [3.05, 3.63) is 11.6 Å². The first-order valence-electron chi connectivity index (χ1n) is 4.89. The van der Waals surface area contributed by atoms with Crippen molar-refractivity contribution in [2.45, 2.75) is 38.3 Å². The van der Waals surface area contributed by atoms with E-state index in [1.807, 2.05) is 13.0 Å². The van der Waals surface area contributed by atoms with Crippen molar-refractivity contribution in [2.24, 2.45) is 0 Å². The molecular weight excluding hydrogens is 166 g/mol. The van der Waals surface area contributed by atoms with Gasteiger partial charge in [-0.15, -0.1) is 0 Å². The lowest BCUT2D eigenvalue weighted by atomic mass is 9.98. The summed E-state index contributed by atoms with van der Waals surface area (Å²) in [5.41, 5.74) is 0.944. The molecule has 0 saturated carbocycles. The van der Waals surface area contributed by atoms with Gasteiger partial charge in [-0.1, -0.05) is 6.08 Å². The third-order valence-electron chi connectivity index (χ3n) is 2.79. The number of ether oxygens (including phenoxy) is 1. The van der Waals surface area contributed by atoms with Gasteiger partial charge >= 0.3 is 0 Å². The van der Waals surface area contributed by atoms with Gasteiger partial charge in [-0.05, 0) is 26.2 Å². The van der Waals surface area contributed by atoms with Gasteiger partial charge in [0.15, 0.2) is 0 Å². The molecule has 72 valence electrons. The van der Waals surface area contributed by atoms with Gasteiger partial charge in [0.05, 0.1) is 12.1 Å². The van der Waals surface area contributed by atoms with Gasteiger partial charge in [-0.3, -0.25) is 4.79 Å². The van der Waals surface area contributed by atoms with E-state index in [0.717, 1.165) is 31.4 Å². The van der Waals surface area contributed by atoms with Gasteiger partial charge in [0, 0.05) is 12.2 Å². The van der Waals surface area contributed by atoms with Gasteiger partial charge in [0.25, 0.3) is 0 Å². The predicted molar refractivity (Wildman–Crippen MR) is 49.3 cm³/mol. The zero-order valence-corrected chi connectivity index (χ0v) is 7.88. The Morgan fingerprint density at radius 1 is 1.69 bits per heavy atom. The van der Waals surface area contributed by atoms with Crippen LogP contribution in [0.2, 0.25) is 0 Å². The van der Waals surface area contributed by atoms with Crippen LogP contribution in [-0.4, -0.2) is 24.7 Å². The fourth-order valence-electron chi connectivity index (χ4n) is 1.68. The number of hydrogen-bond donors (Lipinski definition) is 1. The fourth-order valence-corrected chi connectivity index (χ4v) is 1.68. The van der Waals surface area contributed by atoms with Crippen LogP contribution in [0.5, 0.6) is 0 Å². The molecule has 0 spiro atoms. The fraction of sp³-hybridized carbons (Fsp3) is 0.700. The Morgan fingerprint density at radius 2 is 2.46 bits per heavy atom. The maximum absolute atomic E-state index is 11.5. The second kappa shape index (κ2) is 3.50. The molecule has 0 aromatic rings. The number of nitrogens with one attached hydrogen (secondary N) is 1. The first-order valence-corrected chi connectivity index (χ1v) is 4.89. The minimum absolute atomic E-state index is 0.105. The first-order chi connectivity index (χ1) is 6.27. The molecule has 2 rings (SSSR count). The number of carbonyl (C=O) groups is 1. The van der Waals surface area contributed by atoms with Gasteiger partial charge < -0.3 is 10.1 Å². The van der Waals surface area contributed by atoms with Crippen molar-refractivity contribution < 1.29 is 9.53 Å². The molecule has 3 nitrogen and oxygen atoms in total. The molecule has 1 fully saturated rings. The van der Waals surface area contributed by atoms with Crippen molar-refractivity contribution in [1.82, 2.24) is 5.32 Å². The molecule has 0 bridgehead atoms. The van der Waals surface area contributed by atoms with E-state index in [-0.39, 0.29) is 18.1 Å². The summed E-state index contributed by atoms with van der Waals surface area (Å²) in [5.74, 6) is 0.105. The normalized spacial score (nSPS) is 32.2. The van der Waals surface area contributed by atoms with Crippen LogP contribution in [0.3, 0.4) is 0 Å². The summed E-state index contributed by atoms with van der Waals surface area (Å²) in [6, 6.07) is 0.217. The summed E-state index contributed by atoms with van der Waals surface area (Å²) in [6.07, 6.45) is 5.10. The molecule has 1 aliphatic carbocycles. The molecule has 0 radical (unpaired) electrons. The Morgan fingerprint density at radius 3 is 2.92 bits per heavy atom. The summed E-state index contributed by atoms with van der Waals surface area (Å²) in [5, 5.41) is 3.00. The Balaban J connectivity index is 1.86. The highest BCUT2D eigenvalue weighted by molar-refractivity contribution is 5.94. The maximum atomic E-state index is 11.5. The van der Waals surface area contributed by atoms with Gasteiger partial charge in [-0.25, -0.2) is 0 Å². The minimum atomic E-state index is 0.105. The van der Waals surface area contributed by atoms with E-state index in [1.54, 1.807) is 0 Å². The second-order valence-corrected chi connectivity index (χ2v) is 3.71. The average molecular weight is 181 g/mol. The Bertz CT molecular complexity index is 247. The van der Waals surface area contributed by atoms with Crippen LogP contribution in [-0.2, 0) is 9.53 Å². The predicted octanol–water partition coefficient (Wildman–Crippen LogP) is 1.00. The molecule has 1 aliphatic heterocycles. The molecule has 1 amide bonds. The van der Waals surface area contributed by atoms with E-state index >= 15 is 0 Å². The van der Waals surface area contributed by atoms with E-state index in [4.69, 9.17) is 4.74 Å². The molecule has 1 N–H and O–H groups in total. The molecule has 3 heteroatoms. The zero-order valence-electron chi connectivity index (χ0n) is 7.88. The van der Waals surface area contributed by atoms with E-state index < -0.39 is 0 Å². The van der Waals surface area contributed by atoms with Gasteiger partial charge in [0.2, 0.25) is 5.91 Å². The van der Waals surface area contributed by atoms with E-state index in [1.165, 1.54) is 0 Å². The van der Waals surface area contributed by atoms with E-state index in [2.05, 4.69) is 5.32 Å². The van der Waals surface area contributed by atoms with Gasteiger partial charge in [-0.2, -0.15) is 0 Å². The van der Waals surface area contributed by atoms with E-state index in [9.17, 15) is 4.79 Å². The molecule has 2 aliphatic rings. The molecular formula is C10H15NO2. The van der Waals surface area contributed by atoms with Crippen LogP contribution in [0.1, 0.15) is 26.2 Å². The van der Waals surface area contributed by atoms with Crippen molar-refractivity contribution >= 4 is 5.91 Å². The van der Waals surface area contributed by atoms with Crippen LogP contribution in [0.25, 0.3) is 0 Å². The third-order valence-corrected chi connectivity index (χ3v) is 2.79. The van der Waals surface area contributed by atoms with Crippen molar-refractivity contribution in [3.63, 3.8) is 0 Å². The highest BCUT2D eigenvalue weighted by Crippen LogP contribution is 2.19. The number of hydrogen-bond acceptors (Lipinski definition) is 2. The molecule has 0 aromatic heterocycles. The molecule has 1 saturated heterocycles. The maximum Gasteiger partial charge on any atom is 0.247 e. The smallest absolute Gasteiger partial charge is 0.247 e. The van der Waals surface area contributed by atoms with Crippen LogP contribution >= 0.6 is 0 Å². The van der Waals surface area contributed by atoms with Crippen molar-refractivity contribution in [3.8, 4) is 0 Å². The highest BCUT2D eigenvalue weighted by atomic mass is 16.5. The number of allylic oxidation sites excluding steroid dienone is 1. The van der Waals surface area contributed by atoms with Crippen LogP contribution in [0, 0.1) is 0 Å². The summed E-state index contributed by atoms with van der Waals surface area (Å²) < 4.78 is 5.36. The molecule has 13 heavy (non-hydrogen) atoms. The monoisotopic (exact) mass is 181 g/mol. The SMILES string of the molecule is CC1OCCC1NC(=O)C1=CCC1. The summed E-state index contributed by atoms with van der Waals surface area (Å²) in [7, 11) is 0. The van der Waals surface area contributed by atoms with Crippen LogP contribution in [0.4, 0.5) is 0 Å². The Hall–Kier alpha value is -0.830. The van der Waals surface area contributed by atoms with Crippen molar-refractivity contribution in [2.75, 3.05) is 6.61 Å². The lowest BCUT2D eigenvalue weighted by Crippen LogP contribution is -2.40. The summed E-state index contributed by atoms with van der Waals surface area (Å²) >= 11 is 0. The van der Waals surface area contributed by atoms with Crippen LogP contribution < -0.4 is 5.32 Å². The quantitative estimate of drug-likeness (QED) is 0.690. The zero-order chi connectivity index (χ0) is 9.26. The number of carbonyl (C=O) groups excluding carboxylic acids is 1. The lowest BCUT2D eigenvalue weighted by molar-refractivity contribution is -0.118. The summed E-state index contributed by atoms with van der Waals surface area (Å²) in [6.45, 7) is 2.78. The average Bonchev–Trinajstić information content (AvgIpc) is 2.32. The Kier molecular flexibility index (Phi) is 2.36. The van der Waals surface area contributed by atoms with Crippen LogP contribution in [0.15, 0.2) is 11.6 Å². The minimum Gasteiger partial charge on any atom is -0.376 e. The van der Waals surface area contributed by atoms with Gasteiger partial charge in [0.1, 0.15) is 0 Å². The Labute approximate surface area is 78.1 Å².